The molecule has 2 heterocycles. The van der Waals surface area contributed by atoms with Gasteiger partial charge in [0.1, 0.15) is 4.90 Å². The molecule has 2 aromatic heterocycles. The van der Waals surface area contributed by atoms with Gasteiger partial charge in [-0.2, -0.15) is 10.2 Å². The van der Waals surface area contributed by atoms with E-state index in [1.165, 1.54) is 24.1 Å². The van der Waals surface area contributed by atoms with E-state index in [1.54, 1.807) is 19.1 Å². The van der Waals surface area contributed by atoms with Crippen LogP contribution in [0.3, 0.4) is 0 Å². The van der Waals surface area contributed by atoms with Crippen molar-refractivity contribution < 1.29 is 8.42 Å². The molecule has 0 saturated carbocycles. The van der Waals surface area contributed by atoms with Gasteiger partial charge in [-0.3, -0.25) is 4.31 Å². The van der Waals surface area contributed by atoms with Gasteiger partial charge in [0.15, 0.2) is 5.82 Å². The maximum absolute atomic E-state index is 12.7. The number of anilines is 1. The summed E-state index contributed by atoms with van der Waals surface area (Å²) in [7, 11) is -2.31. The van der Waals surface area contributed by atoms with E-state index in [0.29, 0.717) is 0 Å². The van der Waals surface area contributed by atoms with E-state index >= 15 is 0 Å². The minimum atomic E-state index is -3.74. The molecule has 0 atom stereocenters. The molecule has 0 amide bonds. The van der Waals surface area contributed by atoms with E-state index in [2.05, 4.69) is 15.3 Å². The fourth-order valence-corrected chi connectivity index (χ4v) is 3.08. The molecule has 118 valence electrons. The molecule has 1 aromatic carbocycles. The van der Waals surface area contributed by atoms with Crippen LogP contribution in [-0.2, 0) is 10.0 Å². The van der Waals surface area contributed by atoms with Crippen LogP contribution < -0.4 is 4.31 Å². The lowest BCUT2D eigenvalue weighted by Crippen LogP contribution is -2.27. The van der Waals surface area contributed by atoms with E-state index in [1.807, 2.05) is 30.3 Å². The highest BCUT2D eigenvalue weighted by Crippen LogP contribution is 2.20. The van der Waals surface area contributed by atoms with Crippen molar-refractivity contribution in [2.24, 2.45) is 0 Å². The second-order valence-corrected chi connectivity index (χ2v) is 6.93. The molecule has 0 saturated heterocycles. The van der Waals surface area contributed by atoms with Crippen LogP contribution in [0.1, 0.15) is 5.69 Å². The molecule has 0 aliphatic heterocycles. The maximum atomic E-state index is 12.7. The van der Waals surface area contributed by atoms with Crippen LogP contribution in [-0.4, -0.2) is 35.4 Å². The summed E-state index contributed by atoms with van der Waals surface area (Å²) in [4.78, 5) is 0.0891. The maximum Gasteiger partial charge on any atom is 0.268 e. The Morgan fingerprint density at radius 3 is 2.43 bits per heavy atom. The topological polar surface area (TPSA) is 81.0 Å². The zero-order chi connectivity index (χ0) is 16.4. The van der Waals surface area contributed by atoms with Crippen LogP contribution >= 0.6 is 0 Å². The second-order valence-electron chi connectivity index (χ2n) is 4.96. The highest BCUT2D eigenvalue weighted by atomic mass is 32.2. The zero-order valence-electron chi connectivity index (χ0n) is 12.7. The van der Waals surface area contributed by atoms with Gasteiger partial charge in [-0.25, -0.2) is 13.1 Å². The molecule has 0 fully saturated rings. The average molecular weight is 329 g/mol. The Kier molecular flexibility index (Phi) is 3.83. The van der Waals surface area contributed by atoms with Crippen molar-refractivity contribution >= 4 is 15.8 Å². The summed E-state index contributed by atoms with van der Waals surface area (Å²) >= 11 is 0. The molecule has 3 rings (SSSR count). The summed E-state index contributed by atoms with van der Waals surface area (Å²) in [5.41, 5.74) is 1.50. The number of sulfonamides is 1. The van der Waals surface area contributed by atoms with E-state index < -0.39 is 10.0 Å². The summed E-state index contributed by atoms with van der Waals surface area (Å²) in [5, 5.41) is 11.9. The van der Waals surface area contributed by atoms with Gasteiger partial charge in [-0.15, -0.1) is 5.10 Å². The molecule has 0 radical (unpaired) electrons. The van der Waals surface area contributed by atoms with Crippen molar-refractivity contribution in [3.05, 3.63) is 60.6 Å². The van der Waals surface area contributed by atoms with Crippen LogP contribution in [0.2, 0.25) is 0 Å². The van der Waals surface area contributed by atoms with Crippen molar-refractivity contribution in [3.63, 3.8) is 0 Å². The largest absolute Gasteiger partial charge is 0.268 e. The fraction of sp³-hybridized carbons (Fsp3) is 0.133. The predicted molar refractivity (Wildman–Crippen MR) is 85.9 cm³/mol. The summed E-state index contributed by atoms with van der Waals surface area (Å²) in [6.45, 7) is 1.79. The van der Waals surface area contributed by atoms with Gasteiger partial charge in [0.2, 0.25) is 0 Å². The van der Waals surface area contributed by atoms with Crippen molar-refractivity contribution in [3.8, 4) is 5.69 Å². The highest BCUT2D eigenvalue weighted by molar-refractivity contribution is 7.92. The molecule has 3 aromatic rings. The monoisotopic (exact) mass is 329 g/mol. The first-order valence-corrected chi connectivity index (χ1v) is 8.32. The van der Waals surface area contributed by atoms with Gasteiger partial charge < -0.3 is 0 Å². The molecule has 0 N–H and O–H groups in total. The third-order valence-corrected chi connectivity index (χ3v) is 5.06. The number of benzene rings is 1. The Labute approximate surface area is 134 Å². The molecule has 0 unspecified atom stereocenters. The van der Waals surface area contributed by atoms with Gasteiger partial charge in [0.25, 0.3) is 10.0 Å². The number of rotatable bonds is 4. The first-order chi connectivity index (χ1) is 11.0. The van der Waals surface area contributed by atoms with E-state index in [9.17, 15) is 8.42 Å². The third-order valence-electron chi connectivity index (χ3n) is 3.34. The minimum Gasteiger partial charge on any atom is -0.251 e. The summed E-state index contributed by atoms with van der Waals surface area (Å²) in [5.74, 6) is 0.253. The zero-order valence-corrected chi connectivity index (χ0v) is 13.5. The molecular weight excluding hydrogens is 314 g/mol. The summed E-state index contributed by atoms with van der Waals surface area (Å²) in [6, 6.07) is 12.6. The van der Waals surface area contributed by atoms with Gasteiger partial charge in [-0.1, -0.05) is 18.2 Å². The Hall–Kier alpha value is -2.74. The molecule has 0 aliphatic rings. The van der Waals surface area contributed by atoms with Crippen molar-refractivity contribution in [1.29, 1.82) is 0 Å². The van der Waals surface area contributed by atoms with Crippen LogP contribution in [0.15, 0.2) is 59.8 Å². The molecule has 0 bridgehead atoms. The Balaban J connectivity index is 1.94. The molecule has 0 spiro atoms. The number of para-hydroxylation sites is 1. The van der Waals surface area contributed by atoms with Gasteiger partial charge in [0.05, 0.1) is 23.8 Å². The number of aromatic nitrogens is 4. The van der Waals surface area contributed by atoms with E-state index in [-0.39, 0.29) is 10.7 Å². The Morgan fingerprint density at radius 1 is 1.04 bits per heavy atom. The summed E-state index contributed by atoms with van der Waals surface area (Å²) in [6.07, 6.45) is 2.79. The third kappa shape index (κ3) is 2.93. The van der Waals surface area contributed by atoms with E-state index in [0.717, 1.165) is 15.7 Å². The minimum absolute atomic E-state index is 0.0891. The number of nitrogens with zero attached hydrogens (tertiary/aromatic N) is 5. The Bertz CT molecular complexity index is 905. The predicted octanol–water partition coefficient (Wildman–Crippen LogP) is 1.80. The second kappa shape index (κ2) is 5.81. The van der Waals surface area contributed by atoms with Crippen LogP contribution in [0, 0.1) is 6.92 Å². The summed E-state index contributed by atoms with van der Waals surface area (Å²) < 4.78 is 27.9. The standard InChI is InChI=1S/C15H15N5O2S/c1-12-8-9-15(18-17-12)19(2)23(21,22)14-10-16-20(11-14)13-6-4-3-5-7-13/h3-11H,1-2H3. The van der Waals surface area contributed by atoms with Crippen LogP contribution in [0.4, 0.5) is 5.82 Å². The molecule has 8 heteroatoms. The lowest BCUT2D eigenvalue weighted by atomic mass is 10.3. The number of hydrogen-bond donors (Lipinski definition) is 0. The first kappa shape index (κ1) is 15.2. The quantitative estimate of drug-likeness (QED) is 0.729. The normalized spacial score (nSPS) is 11.4. The molecule has 7 nitrogen and oxygen atoms in total. The van der Waals surface area contributed by atoms with Gasteiger partial charge >= 0.3 is 0 Å². The van der Waals surface area contributed by atoms with Crippen LogP contribution in [0.25, 0.3) is 5.69 Å². The van der Waals surface area contributed by atoms with E-state index in [4.69, 9.17) is 0 Å². The first-order valence-electron chi connectivity index (χ1n) is 6.88. The average Bonchev–Trinajstić information content (AvgIpc) is 3.06. The fourth-order valence-electron chi connectivity index (χ4n) is 2.00. The van der Waals surface area contributed by atoms with Gasteiger partial charge in [0, 0.05) is 7.05 Å². The number of aryl methyl sites for hydroxylation is 1. The van der Waals surface area contributed by atoms with Crippen LogP contribution in [0.5, 0.6) is 0 Å². The molecule has 0 aliphatic carbocycles. The van der Waals surface area contributed by atoms with Gasteiger partial charge in [-0.05, 0) is 31.2 Å². The smallest absolute Gasteiger partial charge is 0.251 e. The molecule has 23 heavy (non-hydrogen) atoms. The number of hydrogen-bond acceptors (Lipinski definition) is 5. The van der Waals surface area contributed by atoms with Crippen molar-refractivity contribution in [2.45, 2.75) is 11.8 Å². The molecular formula is C15H15N5O2S. The lowest BCUT2D eigenvalue weighted by Gasteiger charge is -2.16. The van der Waals surface area contributed by atoms with Crippen molar-refractivity contribution in [1.82, 2.24) is 20.0 Å². The highest BCUT2D eigenvalue weighted by Gasteiger charge is 2.24. The SMILES string of the molecule is Cc1ccc(N(C)S(=O)(=O)c2cnn(-c3ccccc3)c2)nn1. The van der Waals surface area contributed by atoms with Crippen molar-refractivity contribution in [2.75, 3.05) is 11.4 Å². The Morgan fingerprint density at radius 2 is 1.78 bits per heavy atom. The lowest BCUT2D eigenvalue weighted by molar-refractivity contribution is 0.593.